The lowest BCUT2D eigenvalue weighted by atomic mass is 9.88. The van der Waals surface area contributed by atoms with Crippen molar-refractivity contribution in [2.24, 2.45) is 0 Å². The summed E-state index contributed by atoms with van der Waals surface area (Å²) in [6.45, 7) is 4.31. The van der Waals surface area contributed by atoms with E-state index < -0.39 is 0 Å². The Balaban J connectivity index is 2.39. The van der Waals surface area contributed by atoms with Crippen molar-refractivity contribution in [3.8, 4) is 0 Å². The van der Waals surface area contributed by atoms with Crippen LogP contribution in [0.5, 0.6) is 0 Å². The van der Waals surface area contributed by atoms with Gasteiger partial charge in [-0.25, -0.2) is 0 Å². The maximum Gasteiger partial charge on any atom is 0.0322 e. The highest BCUT2D eigenvalue weighted by Crippen LogP contribution is 2.30. The Morgan fingerprint density at radius 3 is 2.36 bits per heavy atom. The van der Waals surface area contributed by atoms with E-state index in [0.29, 0.717) is 0 Å². The van der Waals surface area contributed by atoms with Crippen LogP contribution in [0.1, 0.15) is 43.4 Å². The first-order valence-corrected chi connectivity index (χ1v) is 5.87. The molecular formula is C13H18S. The molecule has 0 saturated carbocycles. The van der Waals surface area contributed by atoms with E-state index in [9.17, 15) is 0 Å². The van der Waals surface area contributed by atoms with Crippen LogP contribution in [0.4, 0.5) is 0 Å². The van der Waals surface area contributed by atoms with Gasteiger partial charge in [-0.2, -0.15) is 12.6 Å². The minimum absolute atomic E-state index is 0.00746. The van der Waals surface area contributed by atoms with Crippen LogP contribution in [-0.4, -0.2) is 0 Å². The molecule has 0 aromatic heterocycles. The normalized spacial score (nSPS) is 16.5. The molecule has 0 spiro atoms. The van der Waals surface area contributed by atoms with Gasteiger partial charge in [0.1, 0.15) is 0 Å². The topological polar surface area (TPSA) is 0 Å². The van der Waals surface area contributed by atoms with Crippen molar-refractivity contribution in [3.63, 3.8) is 0 Å². The van der Waals surface area contributed by atoms with Crippen molar-refractivity contribution in [1.29, 1.82) is 0 Å². The molecule has 0 radical (unpaired) electrons. The SMILES string of the molecule is CC(C)(S)c1ccc2c(c1)CCCC2. The first kappa shape index (κ1) is 10.1. The Bertz CT molecular complexity index is 334. The van der Waals surface area contributed by atoms with Crippen LogP contribution in [0.15, 0.2) is 18.2 Å². The summed E-state index contributed by atoms with van der Waals surface area (Å²) in [7, 11) is 0. The van der Waals surface area contributed by atoms with Crippen LogP contribution in [0.3, 0.4) is 0 Å². The van der Waals surface area contributed by atoms with Gasteiger partial charge >= 0.3 is 0 Å². The molecule has 0 atom stereocenters. The maximum absolute atomic E-state index is 4.61. The lowest BCUT2D eigenvalue weighted by molar-refractivity contribution is 0.680. The zero-order valence-corrected chi connectivity index (χ0v) is 9.90. The second kappa shape index (κ2) is 3.62. The first-order chi connectivity index (χ1) is 6.57. The van der Waals surface area contributed by atoms with Gasteiger partial charge in [-0.05, 0) is 56.2 Å². The van der Waals surface area contributed by atoms with Gasteiger partial charge in [0.25, 0.3) is 0 Å². The zero-order valence-electron chi connectivity index (χ0n) is 9.01. The molecule has 1 aromatic carbocycles. The Labute approximate surface area is 92.1 Å². The zero-order chi connectivity index (χ0) is 10.2. The molecule has 0 fully saturated rings. The molecule has 1 aliphatic rings. The molecule has 0 aliphatic heterocycles. The Kier molecular flexibility index (Phi) is 2.61. The van der Waals surface area contributed by atoms with E-state index in [1.165, 1.54) is 31.2 Å². The van der Waals surface area contributed by atoms with Crippen molar-refractivity contribution in [3.05, 3.63) is 34.9 Å². The number of thiol groups is 1. The molecule has 1 aliphatic carbocycles. The Morgan fingerprint density at radius 2 is 1.71 bits per heavy atom. The molecule has 1 aromatic rings. The first-order valence-electron chi connectivity index (χ1n) is 5.42. The third kappa shape index (κ3) is 1.98. The molecule has 2 rings (SSSR count). The smallest absolute Gasteiger partial charge is 0.0322 e. The van der Waals surface area contributed by atoms with Crippen molar-refractivity contribution in [2.45, 2.75) is 44.3 Å². The Morgan fingerprint density at radius 1 is 1.07 bits per heavy atom. The third-order valence-corrected chi connectivity index (χ3v) is 3.31. The molecule has 76 valence electrons. The van der Waals surface area contributed by atoms with Gasteiger partial charge in [0, 0.05) is 4.75 Å². The van der Waals surface area contributed by atoms with Crippen molar-refractivity contribution in [1.82, 2.24) is 0 Å². The van der Waals surface area contributed by atoms with Crippen LogP contribution >= 0.6 is 12.6 Å². The predicted molar refractivity (Wildman–Crippen MR) is 65.1 cm³/mol. The molecule has 14 heavy (non-hydrogen) atoms. The monoisotopic (exact) mass is 206 g/mol. The van der Waals surface area contributed by atoms with Crippen LogP contribution in [-0.2, 0) is 17.6 Å². The summed E-state index contributed by atoms with van der Waals surface area (Å²) in [4.78, 5) is 0. The summed E-state index contributed by atoms with van der Waals surface area (Å²) in [5.74, 6) is 0. The van der Waals surface area contributed by atoms with Crippen LogP contribution in [0.2, 0.25) is 0 Å². The quantitative estimate of drug-likeness (QED) is 0.665. The number of hydrogen-bond acceptors (Lipinski definition) is 1. The van der Waals surface area contributed by atoms with Gasteiger partial charge in [0.05, 0.1) is 0 Å². The molecule has 0 unspecified atom stereocenters. The highest BCUT2D eigenvalue weighted by atomic mass is 32.1. The van der Waals surface area contributed by atoms with Gasteiger partial charge in [-0.1, -0.05) is 18.2 Å². The fourth-order valence-corrected chi connectivity index (χ4v) is 2.25. The van der Waals surface area contributed by atoms with Crippen molar-refractivity contribution >= 4 is 12.6 Å². The standard InChI is InChI=1S/C13H18S/c1-13(2,14)12-8-7-10-5-3-4-6-11(10)9-12/h7-9,14H,3-6H2,1-2H3. The summed E-state index contributed by atoms with van der Waals surface area (Å²) >= 11 is 4.61. The predicted octanol–water partition coefficient (Wildman–Crippen LogP) is 3.73. The average Bonchev–Trinajstić information content (AvgIpc) is 2.16. The third-order valence-electron chi connectivity index (χ3n) is 3.05. The second-order valence-electron chi connectivity index (χ2n) is 4.75. The van der Waals surface area contributed by atoms with E-state index >= 15 is 0 Å². The lowest BCUT2D eigenvalue weighted by Crippen LogP contribution is -2.10. The van der Waals surface area contributed by atoms with Gasteiger partial charge in [0.15, 0.2) is 0 Å². The summed E-state index contributed by atoms with van der Waals surface area (Å²) in [6.07, 6.45) is 5.23. The van der Waals surface area contributed by atoms with Crippen LogP contribution in [0, 0.1) is 0 Å². The molecule has 0 nitrogen and oxygen atoms in total. The van der Waals surface area contributed by atoms with E-state index in [1.807, 2.05) is 0 Å². The van der Waals surface area contributed by atoms with E-state index in [0.717, 1.165) is 0 Å². The minimum Gasteiger partial charge on any atom is -0.168 e. The van der Waals surface area contributed by atoms with Gasteiger partial charge in [-0.3, -0.25) is 0 Å². The number of fused-ring (bicyclic) bond motifs is 1. The summed E-state index contributed by atoms with van der Waals surface area (Å²) in [5, 5.41) is 0. The molecule has 0 amide bonds. The molecule has 0 heterocycles. The van der Waals surface area contributed by atoms with E-state index in [4.69, 9.17) is 0 Å². The Hall–Kier alpha value is -0.430. The number of benzene rings is 1. The fraction of sp³-hybridized carbons (Fsp3) is 0.538. The second-order valence-corrected chi connectivity index (χ2v) is 5.87. The molecule has 0 saturated heterocycles. The van der Waals surface area contributed by atoms with Crippen LogP contribution < -0.4 is 0 Å². The minimum atomic E-state index is -0.00746. The molecule has 0 bridgehead atoms. The van der Waals surface area contributed by atoms with E-state index in [1.54, 1.807) is 11.1 Å². The fourth-order valence-electron chi connectivity index (χ4n) is 2.11. The maximum atomic E-state index is 4.61. The summed E-state index contributed by atoms with van der Waals surface area (Å²) in [5.41, 5.74) is 4.45. The molecule has 1 heteroatoms. The number of hydrogen-bond donors (Lipinski definition) is 1. The van der Waals surface area contributed by atoms with Gasteiger partial charge < -0.3 is 0 Å². The molecule has 0 N–H and O–H groups in total. The lowest BCUT2D eigenvalue weighted by Gasteiger charge is -2.22. The van der Waals surface area contributed by atoms with Crippen molar-refractivity contribution < 1.29 is 0 Å². The summed E-state index contributed by atoms with van der Waals surface area (Å²) in [6, 6.07) is 6.88. The summed E-state index contributed by atoms with van der Waals surface area (Å²) < 4.78 is -0.00746. The number of aryl methyl sites for hydroxylation is 2. The average molecular weight is 206 g/mol. The van der Waals surface area contributed by atoms with Crippen LogP contribution in [0.25, 0.3) is 0 Å². The highest BCUT2D eigenvalue weighted by Gasteiger charge is 2.17. The highest BCUT2D eigenvalue weighted by molar-refractivity contribution is 7.81. The van der Waals surface area contributed by atoms with E-state index in [2.05, 4.69) is 44.7 Å². The molecular weight excluding hydrogens is 188 g/mol. The van der Waals surface area contributed by atoms with E-state index in [-0.39, 0.29) is 4.75 Å². The van der Waals surface area contributed by atoms with Gasteiger partial charge in [-0.15, -0.1) is 0 Å². The number of rotatable bonds is 1. The van der Waals surface area contributed by atoms with Crippen molar-refractivity contribution in [2.75, 3.05) is 0 Å². The largest absolute Gasteiger partial charge is 0.168 e. The van der Waals surface area contributed by atoms with Gasteiger partial charge in [0.2, 0.25) is 0 Å².